The zero-order valence-electron chi connectivity index (χ0n) is 11.2. The highest BCUT2D eigenvalue weighted by Gasteiger charge is 2.17. The number of nitrogens with two attached hydrogens (primary N) is 1. The summed E-state index contributed by atoms with van der Waals surface area (Å²) in [5.41, 5.74) is 6.05. The number of nitrogens with one attached hydrogen (secondary N) is 1. The van der Waals surface area contributed by atoms with Gasteiger partial charge in [-0.05, 0) is 47.2 Å². The molecule has 3 N–H and O–H groups in total. The first-order valence-electron chi connectivity index (χ1n) is 6.17. The molecule has 19 heavy (non-hydrogen) atoms. The predicted octanol–water partition coefficient (Wildman–Crippen LogP) is 1.65. The number of rotatable bonds is 7. The third-order valence-electron chi connectivity index (χ3n) is 2.86. The minimum Gasteiger partial charge on any atom is -0.399 e. The van der Waals surface area contributed by atoms with E-state index in [2.05, 4.69) is 25.6 Å². The summed E-state index contributed by atoms with van der Waals surface area (Å²) in [4.78, 5) is 2.32. The minimum atomic E-state index is -3.53. The van der Waals surface area contributed by atoms with Crippen molar-refractivity contribution in [2.75, 3.05) is 31.9 Å². The van der Waals surface area contributed by atoms with E-state index in [0.717, 1.165) is 13.1 Å². The summed E-state index contributed by atoms with van der Waals surface area (Å²) >= 11 is 3.23. The Morgan fingerprint density at radius 2 is 1.95 bits per heavy atom. The maximum Gasteiger partial charge on any atom is 0.241 e. The average Bonchev–Trinajstić information content (AvgIpc) is 2.37. The van der Waals surface area contributed by atoms with Crippen LogP contribution < -0.4 is 10.5 Å². The molecule has 0 heterocycles. The van der Waals surface area contributed by atoms with Gasteiger partial charge in [0.1, 0.15) is 0 Å². The summed E-state index contributed by atoms with van der Waals surface area (Å²) in [6.07, 6.45) is 0. The normalized spacial score (nSPS) is 12.0. The molecule has 1 rings (SSSR count). The van der Waals surface area contributed by atoms with E-state index in [0.29, 0.717) is 23.2 Å². The van der Waals surface area contributed by atoms with Crippen LogP contribution in [0.15, 0.2) is 27.6 Å². The van der Waals surface area contributed by atoms with Crippen molar-refractivity contribution in [1.82, 2.24) is 9.62 Å². The lowest BCUT2D eigenvalue weighted by Gasteiger charge is -2.18. The smallest absolute Gasteiger partial charge is 0.241 e. The van der Waals surface area contributed by atoms with E-state index in [1.165, 1.54) is 6.07 Å². The van der Waals surface area contributed by atoms with Gasteiger partial charge in [-0.3, -0.25) is 0 Å². The lowest BCUT2D eigenvalue weighted by molar-refractivity contribution is 0.309. The third-order valence-corrected chi connectivity index (χ3v) is 5.31. The standard InChI is InChI=1S/C12H20BrN3O2S/c1-3-16(4-2)8-7-15-19(17,18)12-9-10(14)5-6-11(12)13/h5-6,9,15H,3-4,7-8,14H2,1-2H3. The molecule has 0 unspecified atom stereocenters. The maximum absolute atomic E-state index is 12.1. The van der Waals surface area contributed by atoms with Gasteiger partial charge in [0.15, 0.2) is 0 Å². The molecule has 108 valence electrons. The van der Waals surface area contributed by atoms with Crippen molar-refractivity contribution in [3.63, 3.8) is 0 Å². The minimum absolute atomic E-state index is 0.173. The second-order valence-corrected chi connectivity index (χ2v) is 6.70. The van der Waals surface area contributed by atoms with Crippen LogP contribution in [0.4, 0.5) is 5.69 Å². The van der Waals surface area contributed by atoms with Gasteiger partial charge in [-0.1, -0.05) is 13.8 Å². The Bertz CT molecular complexity index is 516. The maximum atomic E-state index is 12.1. The molecule has 0 saturated heterocycles. The molecule has 0 aromatic heterocycles. The fourth-order valence-corrected chi connectivity index (χ4v) is 3.70. The Kier molecular flexibility index (Phi) is 6.25. The number of anilines is 1. The van der Waals surface area contributed by atoms with Crippen molar-refractivity contribution >= 4 is 31.6 Å². The molecule has 5 nitrogen and oxygen atoms in total. The quantitative estimate of drug-likeness (QED) is 0.734. The van der Waals surface area contributed by atoms with E-state index in [9.17, 15) is 8.42 Å². The number of likely N-dealkylation sites (N-methyl/N-ethyl adjacent to an activating group) is 1. The van der Waals surface area contributed by atoms with E-state index in [-0.39, 0.29) is 4.90 Å². The zero-order valence-corrected chi connectivity index (χ0v) is 13.6. The fourth-order valence-electron chi connectivity index (χ4n) is 1.68. The number of hydrogen-bond donors (Lipinski definition) is 2. The van der Waals surface area contributed by atoms with E-state index in [4.69, 9.17) is 5.73 Å². The van der Waals surface area contributed by atoms with Crippen molar-refractivity contribution in [3.05, 3.63) is 22.7 Å². The summed E-state index contributed by atoms with van der Waals surface area (Å²) in [7, 11) is -3.53. The van der Waals surface area contributed by atoms with E-state index < -0.39 is 10.0 Å². The number of benzene rings is 1. The van der Waals surface area contributed by atoms with Gasteiger partial charge >= 0.3 is 0 Å². The van der Waals surface area contributed by atoms with E-state index >= 15 is 0 Å². The third kappa shape index (κ3) is 4.76. The first-order chi connectivity index (χ1) is 8.90. The highest BCUT2D eigenvalue weighted by Crippen LogP contribution is 2.23. The Morgan fingerprint density at radius 3 is 2.53 bits per heavy atom. The molecule has 0 saturated carbocycles. The number of halogens is 1. The number of nitrogens with zero attached hydrogens (tertiary/aromatic N) is 1. The zero-order chi connectivity index (χ0) is 14.5. The Morgan fingerprint density at radius 1 is 1.32 bits per heavy atom. The van der Waals surface area contributed by atoms with Crippen molar-refractivity contribution < 1.29 is 8.42 Å². The van der Waals surface area contributed by atoms with Gasteiger partial charge < -0.3 is 10.6 Å². The molecule has 0 atom stereocenters. The molecular formula is C12H20BrN3O2S. The van der Waals surface area contributed by atoms with Crippen LogP contribution in [0.25, 0.3) is 0 Å². The van der Waals surface area contributed by atoms with E-state index in [1.54, 1.807) is 12.1 Å². The van der Waals surface area contributed by atoms with Crippen molar-refractivity contribution in [2.45, 2.75) is 18.7 Å². The van der Waals surface area contributed by atoms with Crippen LogP contribution in [0.2, 0.25) is 0 Å². The van der Waals surface area contributed by atoms with Gasteiger partial charge in [-0.15, -0.1) is 0 Å². The molecule has 7 heteroatoms. The van der Waals surface area contributed by atoms with Gasteiger partial charge in [-0.2, -0.15) is 0 Å². The molecule has 1 aromatic carbocycles. The molecular weight excluding hydrogens is 330 g/mol. The monoisotopic (exact) mass is 349 g/mol. The highest BCUT2D eigenvalue weighted by atomic mass is 79.9. The van der Waals surface area contributed by atoms with Gasteiger partial charge in [0.05, 0.1) is 4.90 Å². The summed E-state index contributed by atoms with van der Waals surface area (Å²) in [5.74, 6) is 0. The van der Waals surface area contributed by atoms with Crippen molar-refractivity contribution in [2.24, 2.45) is 0 Å². The lowest BCUT2D eigenvalue weighted by atomic mass is 10.3. The molecule has 0 aliphatic rings. The van der Waals surface area contributed by atoms with Gasteiger partial charge in [0, 0.05) is 23.2 Å². The molecule has 0 radical (unpaired) electrons. The SMILES string of the molecule is CCN(CC)CCNS(=O)(=O)c1cc(N)ccc1Br. The van der Waals surface area contributed by atoms with Crippen LogP contribution in [0.5, 0.6) is 0 Å². The molecule has 0 amide bonds. The Balaban J connectivity index is 2.73. The molecule has 0 aliphatic carbocycles. The second-order valence-electron chi connectivity index (χ2n) is 4.11. The Labute approximate surface area is 123 Å². The van der Waals surface area contributed by atoms with Crippen LogP contribution in [-0.4, -0.2) is 39.5 Å². The number of hydrogen-bond acceptors (Lipinski definition) is 4. The van der Waals surface area contributed by atoms with Crippen LogP contribution in [0.3, 0.4) is 0 Å². The molecule has 0 spiro atoms. The molecule has 1 aromatic rings. The van der Waals surface area contributed by atoms with Gasteiger partial charge in [-0.25, -0.2) is 13.1 Å². The number of nitrogen functional groups attached to an aromatic ring is 1. The first kappa shape index (κ1) is 16.4. The first-order valence-corrected chi connectivity index (χ1v) is 8.45. The highest BCUT2D eigenvalue weighted by molar-refractivity contribution is 9.10. The summed E-state index contributed by atoms with van der Waals surface area (Å²) < 4.78 is 27.4. The Hall–Kier alpha value is -0.630. The van der Waals surface area contributed by atoms with Crippen LogP contribution in [0, 0.1) is 0 Å². The fraction of sp³-hybridized carbons (Fsp3) is 0.500. The van der Waals surface area contributed by atoms with Gasteiger partial charge in [0.2, 0.25) is 10.0 Å². The lowest BCUT2D eigenvalue weighted by Crippen LogP contribution is -2.34. The second kappa shape index (κ2) is 7.23. The van der Waals surface area contributed by atoms with Gasteiger partial charge in [0.25, 0.3) is 0 Å². The molecule has 0 bridgehead atoms. The predicted molar refractivity (Wildman–Crippen MR) is 81.5 cm³/mol. The van der Waals surface area contributed by atoms with E-state index in [1.807, 2.05) is 13.8 Å². The summed E-state index contributed by atoms with van der Waals surface area (Å²) in [6, 6.07) is 4.73. The van der Waals surface area contributed by atoms with Crippen molar-refractivity contribution in [3.8, 4) is 0 Å². The largest absolute Gasteiger partial charge is 0.399 e. The molecule has 0 fully saturated rings. The van der Waals surface area contributed by atoms with Crippen LogP contribution in [0.1, 0.15) is 13.8 Å². The van der Waals surface area contributed by atoms with Crippen LogP contribution in [-0.2, 0) is 10.0 Å². The topological polar surface area (TPSA) is 75.4 Å². The van der Waals surface area contributed by atoms with Crippen LogP contribution >= 0.6 is 15.9 Å². The van der Waals surface area contributed by atoms with Crippen molar-refractivity contribution in [1.29, 1.82) is 0 Å². The average molecular weight is 350 g/mol. The number of sulfonamides is 1. The summed E-state index contributed by atoms with van der Waals surface area (Å²) in [5, 5.41) is 0. The molecule has 0 aliphatic heterocycles. The summed E-state index contributed by atoms with van der Waals surface area (Å²) in [6.45, 7) is 6.97.